The third-order valence-corrected chi connectivity index (χ3v) is 12.1. The lowest BCUT2D eigenvalue weighted by molar-refractivity contribution is -0.160. The molecule has 1 aromatic heterocycles. The average molecular weight is 807 g/mol. The highest BCUT2D eigenvalue weighted by Gasteiger charge is 2.52. The highest BCUT2D eigenvalue weighted by Crippen LogP contribution is 2.49. The molecule has 5 bridgehead atoms. The van der Waals surface area contributed by atoms with Gasteiger partial charge < -0.3 is 54.7 Å². The summed E-state index contributed by atoms with van der Waals surface area (Å²) in [5.74, 6) is -8.03. The Morgan fingerprint density at radius 1 is 0.948 bits per heavy atom. The predicted molar refractivity (Wildman–Crippen MR) is 213 cm³/mol. The Hall–Kier alpha value is -5.00. The van der Waals surface area contributed by atoms with E-state index in [-0.39, 0.29) is 49.8 Å². The molecule has 2 aromatic rings. The number of H-pyrrole nitrogens is 1. The second-order valence-electron chi connectivity index (χ2n) is 16.1. The van der Waals surface area contributed by atoms with E-state index in [0.717, 1.165) is 0 Å². The van der Waals surface area contributed by atoms with Crippen molar-refractivity contribution in [1.29, 1.82) is 0 Å². The molecule has 4 heterocycles. The number of Topliss-reactive ketones (excluding diaryl/α,β-unsaturated/α-hetero) is 1. The zero-order chi connectivity index (χ0) is 42.5. The van der Waals surface area contributed by atoms with Gasteiger partial charge in [-0.1, -0.05) is 39.8 Å². The van der Waals surface area contributed by atoms with Gasteiger partial charge in [0.05, 0.1) is 63.1 Å². The number of phenolic OH excluding ortho intramolecular Hbond substituents is 1. The third-order valence-electron chi connectivity index (χ3n) is 12.1. The Morgan fingerprint density at radius 3 is 2.26 bits per heavy atom. The molecule has 0 radical (unpaired) electrons. The van der Waals surface area contributed by atoms with Crippen molar-refractivity contribution in [2.75, 3.05) is 45.8 Å². The third kappa shape index (κ3) is 7.43. The molecule has 1 aromatic carbocycles. The number of ether oxygens (including phenoxy) is 4. The summed E-state index contributed by atoms with van der Waals surface area (Å²) in [7, 11) is 3.41. The van der Waals surface area contributed by atoms with Gasteiger partial charge in [0, 0.05) is 76.4 Å². The van der Waals surface area contributed by atoms with E-state index in [1.165, 1.54) is 46.3 Å². The van der Waals surface area contributed by atoms with Crippen molar-refractivity contribution in [2.24, 2.45) is 23.7 Å². The van der Waals surface area contributed by atoms with Crippen LogP contribution in [-0.4, -0.2) is 123 Å². The number of aromatic amines is 1. The zero-order valence-electron chi connectivity index (χ0n) is 34.3. The lowest BCUT2D eigenvalue weighted by Crippen LogP contribution is -2.50. The second kappa shape index (κ2) is 16.3. The molecule has 6 N–H and O–H groups in total. The first-order valence-corrected chi connectivity index (χ1v) is 19.5. The first-order chi connectivity index (χ1) is 27.3. The minimum absolute atomic E-state index is 0.0174. The Bertz CT molecular complexity index is 2240. The Morgan fingerprint density at radius 2 is 1.62 bits per heavy atom. The quantitative estimate of drug-likeness (QED) is 0.242. The maximum atomic E-state index is 15.0. The first-order valence-electron chi connectivity index (χ1n) is 19.5. The van der Waals surface area contributed by atoms with Crippen LogP contribution in [0.4, 0.5) is 5.69 Å². The lowest BCUT2D eigenvalue weighted by Gasteiger charge is -2.38. The molecule has 9 atom stereocenters. The van der Waals surface area contributed by atoms with E-state index in [1.54, 1.807) is 39.8 Å². The standard InChI is InChI=1S/C42H54N4O12/c1-19-11-10-12-25-31(44-46-16-14-45(8)15-17-46)30-32(43-41(25)54)37(52)28-27(36(30)51)29-39(23(5)35(28)50)58-42(7,40(29)53)56-18-13-26(55-9)20(2)38(57-24(6)47)22(4)34(49)21(3)33(19)48/h10-13,18-22,26,33-34,38,44,48-50,52H,14-17H2,1-9H3,(H,43,54)/b11-10+,18-13-,25-12?/t19-,20+,21-,22+,26-,33-,34+,38+,42-/m0/s1. The van der Waals surface area contributed by atoms with Crippen LogP contribution in [0.25, 0.3) is 11.8 Å². The number of benzene rings is 1. The number of methoxy groups -OCH3 is 1. The number of aromatic hydroxyl groups is 1. The molecule has 314 valence electrons. The molecule has 1 fully saturated rings. The van der Waals surface area contributed by atoms with Gasteiger partial charge in [0.15, 0.2) is 11.5 Å². The van der Waals surface area contributed by atoms with E-state index < -0.39 is 88.5 Å². The number of fused-ring (bicyclic) bond motifs is 2. The number of hydrazine groups is 1. The fourth-order valence-corrected chi connectivity index (χ4v) is 8.39. The van der Waals surface area contributed by atoms with Crippen LogP contribution >= 0.6 is 0 Å². The summed E-state index contributed by atoms with van der Waals surface area (Å²) in [5, 5.41) is 48.0. The van der Waals surface area contributed by atoms with E-state index in [4.69, 9.17) is 18.9 Å². The molecule has 16 nitrogen and oxygen atoms in total. The highest BCUT2D eigenvalue weighted by molar-refractivity contribution is 6.24. The number of rotatable bonds is 4. The molecule has 3 aliphatic heterocycles. The van der Waals surface area contributed by atoms with Gasteiger partial charge in [-0.3, -0.25) is 19.2 Å². The topological polar surface area (TPSA) is 220 Å². The van der Waals surface area contributed by atoms with E-state index in [2.05, 4.69) is 15.3 Å². The minimum Gasteiger partial charge on any atom is -0.507 e. The van der Waals surface area contributed by atoms with Gasteiger partial charge in [0.1, 0.15) is 17.6 Å². The largest absolute Gasteiger partial charge is 0.507 e. The molecule has 4 aliphatic rings. The van der Waals surface area contributed by atoms with Crippen molar-refractivity contribution in [3.05, 3.63) is 73.2 Å². The van der Waals surface area contributed by atoms with Gasteiger partial charge in [0.2, 0.25) is 0 Å². The number of phenols is 1. The van der Waals surface area contributed by atoms with Gasteiger partial charge in [-0.25, -0.2) is 5.01 Å². The molecule has 0 spiro atoms. The fraction of sp³-hybridized carbons (Fsp3) is 0.524. The molecule has 6 rings (SSSR count). The Labute approximate surface area is 336 Å². The van der Waals surface area contributed by atoms with Crippen molar-refractivity contribution in [3.8, 4) is 11.5 Å². The number of piperazine rings is 1. The molecule has 1 saturated heterocycles. The summed E-state index contributed by atoms with van der Waals surface area (Å²) < 4.78 is 23.6. The van der Waals surface area contributed by atoms with Crippen LogP contribution in [0.1, 0.15) is 78.9 Å². The number of carbonyl (C=O) groups is 3. The van der Waals surface area contributed by atoms with E-state index in [1.807, 2.05) is 12.1 Å². The summed E-state index contributed by atoms with van der Waals surface area (Å²) in [5.41, 5.74) is 1.65. The first kappa shape index (κ1) is 42.6. The van der Waals surface area contributed by atoms with Crippen molar-refractivity contribution < 1.29 is 53.8 Å². The summed E-state index contributed by atoms with van der Waals surface area (Å²) in [6.07, 6.45) is 3.45. The van der Waals surface area contributed by atoms with Gasteiger partial charge >= 0.3 is 11.8 Å². The predicted octanol–water partition coefficient (Wildman–Crippen LogP) is 1.61. The summed E-state index contributed by atoms with van der Waals surface area (Å²) in [6.45, 7) is 13.4. The van der Waals surface area contributed by atoms with Crippen LogP contribution in [-0.2, 0) is 19.0 Å². The van der Waals surface area contributed by atoms with E-state index >= 15 is 0 Å². The van der Waals surface area contributed by atoms with Crippen LogP contribution in [0, 0.1) is 30.6 Å². The summed E-state index contributed by atoms with van der Waals surface area (Å²) in [6, 6.07) is 0. The van der Waals surface area contributed by atoms with Crippen LogP contribution < -0.4 is 26.3 Å². The Kier molecular flexibility index (Phi) is 12.0. The van der Waals surface area contributed by atoms with Crippen LogP contribution in [0.3, 0.4) is 0 Å². The number of hydrogen-bond donors (Lipinski definition) is 6. The molecular formula is C42H54N4O12. The van der Waals surface area contributed by atoms with Crippen molar-refractivity contribution in [3.63, 3.8) is 0 Å². The number of allylic oxidation sites excluding steroid dienone is 1. The number of pyridine rings is 1. The molecule has 58 heavy (non-hydrogen) atoms. The molecular weight excluding hydrogens is 752 g/mol. The monoisotopic (exact) mass is 806 g/mol. The normalized spacial score (nSPS) is 31.7. The van der Waals surface area contributed by atoms with Gasteiger partial charge in [-0.05, 0) is 26.1 Å². The Balaban J connectivity index is 1.59. The van der Waals surface area contributed by atoms with Crippen molar-refractivity contribution in [2.45, 2.75) is 78.7 Å². The maximum absolute atomic E-state index is 15.0. The van der Waals surface area contributed by atoms with Crippen LogP contribution in [0.2, 0.25) is 0 Å². The number of aliphatic hydroxyl groups excluding tert-OH is 3. The highest BCUT2D eigenvalue weighted by atomic mass is 16.7. The number of ketones is 2. The molecule has 1 aliphatic carbocycles. The van der Waals surface area contributed by atoms with Gasteiger partial charge in [-0.15, -0.1) is 0 Å². The number of aliphatic hydroxyl groups is 3. The zero-order valence-corrected chi connectivity index (χ0v) is 34.3. The fourth-order valence-electron chi connectivity index (χ4n) is 8.39. The van der Waals surface area contributed by atoms with Gasteiger partial charge in [-0.2, -0.15) is 0 Å². The number of carbonyl (C=O) groups excluding carboxylic acids is 3. The number of esters is 1. The summed E-state index contributed by atoms with van der Waals surface area (Å²) >= 11 is 0. The number of anilines is 1. The van der Waals surface area contributed by atoms with Crippen molar-refractivity contribution >= 4 is 35.1 Å². The summed E-state index contributed by atoms with van der Waals surface area (Å²) in [4.78, 5) is 60.5. The number of hydrogen-bond acceptors (Lipinski definition) is 15. The van der Waals surface area contributed by atoms with Crippen LogP contribution in [0.15, 0.2) is 29.3 Å². The van der Waals surface area contributed by atoms with E-state index in [0.29, 0.717) is 26.2 Å². The SMILES string of the molecule is CO[C@H]1/C=C\O[C@@]2(C)Oc3c(C)c(O)c4c(c3C2=O)C(=O)c2c(NN3CCN(C)CC3)c(c(=O)[nH]c2=C4O)=C/C=C/[C@H](C)[C@H](O)[C@H](C)[C@@H](O)[C@@H](C)[C@H](OC(C)=O)[C@@H]1C. The average Bonchev–Trinajstić information content (AvgIpc) is 3.45. The second-order valence-corrected chi connectivity index (χ2v) is 16.1. The molecule has 16 heteroatoms. The lowest BCUT2D eigenvalue weighted by atomic mass is 9.78. The molecule has 0 unspecified atom stereocenters. The van der Waals surface area contributed by atoms with Gasteiger partial charge in [0.25, 0.3) is 11.3 Å². The van der Waals surface area contributed by atoms with E-state index in [9.17, 15) is 39.6 Å². The number of nitrogens with zero attached hydrogens (tertiary/aromatic N) is 2. The smallest absolute Gasteiger partial charge is 0.312 e. The molecule has 0 saturated carbocycles. The van der Waals surface area contributed by atoms with Crippen LogP contribution in [0.5, 0.6) is 11.5 Å². The number of nitrogens with one attached hydrogen (secondary N) is 2. The number of aromatic nitrogens is 1. The molecule has 0 amide bonds. The number of likely N-dealkylation sites (N-methyl/N-ethyl adjacent to an activating group) is 1. The minimum atomic E-state index is -2.06. The maximum Gasteiger partial charge on any atom is 0.312 e. The van der Waals surface area contributed by atoms with Crippen molar-refractivity contribution in [1.82, 2.24) is 14.9 Å².